The van der Waals surface area contributed by atoms with Gasteiger partial charge in [-0.2, -0.15) is 5.26 Å². The lowest BCUT2D eigenvalue weighted by Crippen LogP contribution is -2.17. The Kier molecular flexibility index (Phi) is 7.74. The number of aromatic nitrogens is 2. The minimum Gasteiger partial charge on any atom is -0.322 e. The molecular formula is C29H22N4O3S3. The first kappa shape index (κ1) is 26.6. The number of nitrogens with one attached hydrogen (secondary N) is 1. The first-order chi connectivity index (χ1) is 18.9. The number of aryl methyl sites for hydroxylation is 1. The Morgan fingerprint density at radius 2 is 1.64 bits per heavy atom. The number of carbonyl (C=O) groups excluding carboxylic acids is 1. The molecule has 5 rings (SSSR count). The van der Waals surface area contributed by atoms with Crippen molar-refractivity contribution in [2.24, 2.45) is 0 Å². The molecule has 0 aliphatic rings. The molecule has 0 fully saturated rings. The van der Waals surface area contributed by atoms with E-state index in [1.54, 1.807) is 25.1 Å². The van der Waals surface area contributed by atoms with Gasteiger partial charge in [-0.05, 0) is 36.8 Å². The van der Waals surface area contributed by atoms with Gasteiger partial charge in [0.15, 0.2) is 0 Å². The number of fused-ring (bicyclic) bond motifs is 1. The molecule has 194 valence electrons. The third-order valence-corrected chi connectivity index (χ3v) is 10.4. The van der Waals surface area contributed by atoms with Gasteiger partial charge in [0.25, 0.3) is 5.91 Å². The van der Waals surface area contributed by atoms with Crippen LogP contribution in [0.4, 0.5) is 5.69 Å². The topological polar surface area (TPSA) is 113 Å². The van der Waals surface area contributed by atoms with Crippen molar-refractivity contribution >= 4 is 54.7 Å². The van der Waals surface area contributed by atoms with Crippen LogP contribution in [-0.2, 0) is 9.84 Å². The maximum atomic E-state index is 13.4. The first-order valence-electron chi connectivity index (χ1n) is 11.9. The van der Waals surface area contributed by atoms with Crippen LogP contribution in [0.25, 0.3) is 21.3 Å². The van der Waals surface area contributed by atoms with E-state index in [4.69, 9.17) is 0 Å². The van der Waals surface area contributed by atoms with Gasteiger partial charge in [0.2, 0.25) is 14.2 Å². The number of thiazole rings is 1. The quantitative estimate of drug-likeness (QED) is 0.216. The van der Waals surface area contributed by atoms with Crippen molar-refractivity contribution in [1.82, 2.24) is 9.97 Å². The van der Waals surface area contributed by atoms with Crippen LogP contribution in [0.3, 0.4) is 0 Å². The summed E-state index contributed by atoms with van der Waals surface area (Å²) in [6, 6.07) is 27.8. The highest BCUT2D eigenvalue weighted by Gasteiger charge is 2.25. The van der Waals surface area contributed by atoms with Gasteiger partial charge in [-0.15, -0.1) is 23.1 Å². The Morgan fingerprint density at radius 1 is 0.974 bits per heavy atom. The second-order valence-electron chi connectivity index (χ2n) is 8.54. The van der Waals surface area contributed by atoms with Gasteiger partial charge in [0.1, 0.15) is 11.1 Å². The van der Waals surface area contributed by atoms with Crippen molar-refractivity contribution in [2.45, 2.75) is 16.3 Å². The zero-order valence-corrected chi connectivity index (χ0v) is 23.2. The summed E-state index contributed by atoms with van der Waals surface area (Å²) < 4.78 is 26.9. The summed E-state index contributed by atoms with van der Waals surface area (Å²) in [5.41, 5.74) is 3.41. The van der Waals surface area contributed by atoms with Gasteiger partial charge < -0.3 is 5.32 Å². The highest BCUT2D eigenvalue weighted by molar-refractivity contribution is 8.01. The number of hydrogen-bond donors (Lipinski definition) is 1. The number of benzene rings is 3. The molecule has 1 N–H and O–H groups in total. The van der Waals surface area contributed by atoms with Crippen LogP contribution in [0.2, 0.25) is 0 Å². The number of para-hydroxylation sites is 2. The van der Waals surface area contributed by atoms with Crippen molar-refractivity contribution < 1.29 is 13.2 Å². The molecule has 39 heavy (non-hydrogen) atoms. The molecule has 2 aromatic heterocycles. The SMILES string of the molecule is Cc1nc(SCCS(=O)(=O)c2nc3ccccc3s2)c(C#N)c(-c2ccccc2)c1C(=O)Nc1ccccc1. The molecular weight excluding hydrogens is 549 g/mol. The summed E-state index contributed by atoms with van der Waals surface area (Å²) in [5.74, 6) is -0.375. The monoisotopic (exact) mass is 570 g/mol. The maximum Gasteiger partial charge on any atom is 0.258 e. The lowest BCUT2D eigenvalue weighted by atomic mass is 9.94. The summed E-state index contributed by atoms with van der Waals surface area (Å²) in [6.45, 7) is 1.72. The van der Waals surface area contributed by atoms with Crippen LogP contribution in [0, 0.1) is 18.3 Å². The average molecular weight is 571 g/mol. The highest BCUT2D eigenvalue weighted by Crippen LogP contribution is 2.36. The van der Waals surface area contributed by atoms with E-state index in [1.807, 2.05) is 66.7 Å². The number of rotatable bonds is 8. The molecule has 0 radical (unpaired) electrons. The molecule has 1 amide bonds. The molecule has 0 saturated heterocycles. The lowest BCUT2D eigenvalue weighted by molar-refractivity contribution is 0.102. The van der Waals surface area contributed by atoms with E-state index in [9.17, 15) is 18.5 Å². The number of nitriles is 1. The number of nitrogens with zero attached hydrogens (tertiary/aromatic N) is 3. The highest BCUT2D eigenvalue weighted by atomic mass is 32.2. The molecule has 0 spiro atoms. The number of carbonyl (C=O) groups is 1. The first-order valence-corrected chi connectivity index (χ1v) is 15.4. The molecule has 0 atom stereocenters. The third-order valence-electron chi connectivity index (χ3n) is 5.91. The molecule has 0 aliphatic heterocycles. The van der Waals surface area contributed by atoms with Crippen molar-refractivity contribution in [1.29, 1.82) is 5.26 Å². The number of anilines is 1. The Hall–Kier alpha value is -4.04. The Morgan fingerprint density at radius 3 is 2.33 bits per heavy atom. The Bertz CT molecular complexity index is 1780. The average Bonchev–Trinajstić information content (AvgIpc) is 3.39. The third kappa shape index (κ3) is 5.71. The predicted octanol–water partition coefficient (Wildman–Crippen LogP) is 6.36. The molecule has 3 aromatic carbocycles. The molecule has 0 bridgehead atoms. The zero-order valence-electron chi connectivity index (χ0n) is 20.8. The second kappa shape index (κ2) is 11.4. The molecule has 0 unspecified atom stereocenters. The van der Waals surface area contributed by atoms with E-state index < -0.39 is 9.84 Å². The van der Waals surface area contributed by atoms with E-state index in [0.29, 0.717) is 38.6 Å². The smallest absolute Gasteiger partial charge is 0.258 e. The van der Waals surface area contributed by atoms with Crippen molar-refractivity contribution in [2.75, 3.05) is 16.8 Å². The number of sulfone groups is 1. The van der Waals surface area contributed by atoms with Crippen molar-refractivity contribution in [3.8, 4) is 17.2 Å². The summed E-state index contributed by atoms with van der Waals surface area (Å²) in [4.78, 5) is 22.3. The zero-order chi connectivity index (χ0) is 27.4. The Balaban J connectivity index is 1.47. The number of hydrogen-bond acceptors (Lipinski definition) is 8. The maximum absolute atomic E-state index is 13.4. The summed E-state index contributed by atoms with van der Waals surface area (Å²) in [7, 11) is -3.63. The van der Waals surface area contributed by atoms with Gasteiger partial charge >= 0.3 is 0 Å². The van der Waals surface area contributed by atoms with Crippen LogP contribution < -0.4 is 5.32 Å². The van der Waals surface area contributed by atoms with Crippen LogP contribution in [0.5, 0.6) is 0 Å². The van der Waals surface area contributed by atoms with E-state index in [2.05, 4.69) is 21.4 Å². The van der Waals surface area contributed by atoms with E-state index >= 15 is 0 Å². The van der Waals surface area contributed by atoms with E-state index in [-0.39, 0.29) is 27.3 Å². The van der Waals surface area contributed by atoms with Gasteiger partial charge in [-0.3, -0.25) is 4.79 Å². The fourth-order valence-electron chi connectivity index (χ4n) is 4.09. The van der Waals surface area contributed by atoms with E-state index in [1.165, 1.54) is 11.8 Å². The molecule has 7 nitrogen and oxygen atoms in total. The van der Waals surface area contributed by atoms with Crippen LogP contribution >= 0.6 is 23.1 Å². The lowest BCUT2D eigenvalue weighted by Gasteiger charge is -2.17. The fraction of sp³-hybridized carbons (Fsp3) is 0.103. The molecule has 0 saturated carbocycles. The van der Waals surface area contributed by atoms with Gasteiger partial charge in [0.05, 0.1) is 32.8 Å². The van der Waals surface area contributed by atoms with Crippen LogP contribution in [-0.4, -0.2) is 35.8 Å². The number of pyridine rings is 1. The predicted molar refractivity (Wildman–Crippen MR) is 156 cm³/mol. The summed E-state index contributed by atoms with van der Waals surface area (Å²) in [5, 5.41) is 13.5. The number of amides is 1. The van der Waals surface area contributed by atoms with Gasteiger partial charge in [0, 0.05) is 17.0 Å². The van der Waals surface area contributed by atoms with Crippen LogP contribution in [0.15, 0.2) is 94.3 Å². The Labute approximate surface area is 234 Å². The minimum atomic E-state index is -3.63. The molecule has 10 heteroatoms. The van der Waals surface area contributed by atoms with Crippen molar-refractivity contribution in [3.63, 3.8) is 0 Å². The second-order valence-corrected chi connectivity index (χ2v) is 12.9. The largest absolute Gasteiger partial charge is 0.322 e. The molecule has 0 aliphatic carbocycles. The van der Waals surface area contributed by atoms with Gasteiger partial charge in [-0.25, -0.2) is 18.4 Å². The summed E-state index contributed by atoms with van der Waals surface area (Å²) >= 11 is 2.33. The van der Waals surface area contributed by atoms with Gasteiger partial charge in [-0.1, -0.05) is 60.7 Å². The molecule has 2 heterocycles. The standard InChI is InChI=1S/C29H22N4O3S3/c1-19-25(27(34)32-21-12-6-3-7-13-21)26(20-10-4-2-5-11-20)22(18-30)28(31-19)37-16-17-39(35,36)29-33-23-14-8-9-15-24(23)38-29/h2-15H,16-17H2,1H3,(H,32,34). The normalized spacial score (nSPS) is 11.3. The van der Waals surface area contributed by atoms with Crippen LogP contribution in [0.1, 0.15) is 21.6 Å². The van der Waals surface area contributed by atoms with Crippen molar-refractivity contribution in [3.05, 3.63) is 102 Å². The fourth-order valence-corrected chi connectivity index (χ4v) is 8.13. The molecule has 5 aromatic rings. The minimum absolute atomic E-state index is 0.0758. The van der Waals surface area contributed by atoms with E-state index in [0.717, 1.165) is 16.0 Å². The summed E-state index contributed by atoms with van der Waals surface area (Å²) in [6.07, 6.45) is 0. The number of thioether (sulfide) groups is 1.